The van der Waals surface area contributed by atoms with Crippen LogP contribution in [0.3, 0.4) is 0 Å². The fraction of sp³-hybridized carbons (Fsp3) is 0.946. The van der Waals surface area contributed by atoms with Gasteiger partial charge in [0.25, 0.3) is 0 Å². The summed E-state index contributed by atoms with van der Waals surface area (Å²) in [7, 11) is 2.05. The minimum Gasteiger partial charge on any atom is -0.305 e. The highest BCUT2D eigenvalue weighted by Crippen LogP contribution is 2.15. The first-order valence-electron chi connectivity index (χ1n) is 18.3. The van der Waals surface area contributed by atoms with Crippen LogP contribution in [0, 0.1) is 0 Å². The molecule has 0 aliphatic heterocycles. The average Bonchev–Trinajstić information content (AvgIpc) is 2.95. The third kappa shape index (κ3) is 31.8. The molecule has 0 aromatic heterocycles. The van der Waals surface area contributed by atoms with Crippen LogP contribution in [0.2, 0.25) is 0 Å². The maximum atomic E-state index is 12.2. The summed E-state index contributed by atoms with van der Waals surface area (Å²) in [6.45, 7) is 6.15. The summed E-state index contributed by atoms with van der Waals surface area (Å²) in [6.07, 6.45) is 37.7. The minimum atomic E-state index is 0.397. The number of unbranched alkanes of at least 4 members (excludes halogenated alkanes) is 24. The molecule has 3 nitrogen and oxygen atoms in total. The van der Waals surface area contributed by atoms with Crippen LogP contribution in [-0.2, 0) is 9.59 Å². The fourth-order valence-electron chi connectivity index (χ4n) is 5.67. The standard InChI is InChI=1S/C37H73NO2/c1-4-6-8-10-12-14-16-18-20-22-24-26-28-30-36(39)32-34-38(3)35-33-37(40)31-29-27-25-23-21-19-17-15-13-11-9-7-5-2/h4-35H2,1-3H3. The first-order chi connectivity index (χ1) is 19.6. The van der Waals surface area contributed by atoms with Gasteiger partial charge in [0.2, 0.25) is 0 Å². The van der Waals surface area contributed by atoms with Crippen molar-refractivity contribution in [3.05, 3.63) is 0 Å². The predicted molar refractivity (Wildman–Crippen MR) is 177 cm³/mol. The number of ketones is 2. The van der Waals surface area contributed by atoms with Crippen molar-refractivity contribution in [1.82, 2.24) is 4.90 Å². The lowest BCUT2D eigenvalue weighted by atomic mass is 10.0. The van der Waals surface area contributed by atoms with Gasteiger partial charge in [-0.1, -0.05) is 168 Å². The van der Waals surface area contributed by atoms with E-state index < -0.39 is 0 Å². The van der Waals surface area contributed by atoms with E-state index in [1.165, 1.54) is 154 Å². The summed E-state index contributed by atoms with van der Waals surface area (Å²) < 4.78 is 0. The Bertz CT molecular complexity index is 486. The van der Waals surface area contributed by atoms with Crippen molar-refractivity contribution in [3.8, 4) is 0 Å². The Morgan fingerprint density at radius 2 is 0.575 bits per heavy atom. The van der Waals surface area contributed by atoms with Gasteiger partial charge in [0.15, 0.2) is 0 Å². The molecule has 0 rings (SSSR count). The second kappa shape index (κ2) is 32.8. The molecule has 238 valence electrons. The number of carbonyl (C=O) groups is 2. The third-order valence-corrected chi connectivity index (χ3v) is 8.66. The van der Waals surface area contributed by atoms with Crippen LogP contribution >= 0.6 is 0 Å². The zero-order chi connectivity index (χ0) is 29.4. The van der Waals surface area contributed by atoms with E-state index in [-0.39, 0.29) is 0 Å². The predicted octanol–water partition coefficient (Wildman–Crippen LogP) is 11.8. The number of hydrogen-bond acceptors (Lipinski definition) is 3. The van der Waals surface area contributed by atoms with E-state index in [9.17, 15) is 9.59 Å². The van der Waals surface area contributed by atoms with Crippen LogP contribution < -0.4 is 0 Å². The van der Waals surface area contributed by atoms with Crippen LogP contribution in [0.5, 0.6) is 0 Å². The molecule has 0 saturated carbocycles. The maximum absolute atomic E-state index is 12.2. The molecule has 0 heterocycles. The number of rotatable bonds is 34. The molecule has 0 bridgehead atoms. The second-order valence-corrected chi connectivity index (χ2v) is 12.9. The quantitative estimate of drug-likeness (QED) is 0.0730. The lowest BCUT2D eigenvalue weighted by Crippen LogP contribution is -2.24. The first kappa shape index (κ1) is 39.3. The normalized spacial score (nSPS) is 11.5. The van der Waals surface area contributed by atoms with Crippen molar-refractivity contribution in [2.24, 2.45) is 0 Å². The summed E-state index contributed by atoms with van der Waals surface area (Å²) in [5, 5.41) is 0. The number of carbonyl (C=O) groups excluding carboxylic acids is 2. The van der Waals surface area contributed by atoms with Gasteiger partial charge in [0, 0.05) is 38.8 Å². The van der Waals surface area contributed by atoms with E-state index in [1.54, 1.807) is 0 Å². The topological polar surface area (TPSA) is 37.4 Å². The molecule has 40 heavy (non-hydrogen) atoms. The summed E-state index contributed by atoms with van der Waals surface area (Å²) in [4.78, 5) is 26.7. The van der Waals surface area contributed by atoms with E-state index in [4.69, 9.17) is 0 Å². The van der Waals surface area contributed by atoms with Crippen LogP contribution in [0.4, 0.5) is 0 Å². The van der Waals surface area contributed by atoms with Gasteiger partial charge in [-0.05, 0) is 19.9 Å². The molecule has 0 radical (unpaired) electrons. The molecule has 0 aliphatic carbocycles. The van der Waals surface area contributed by atoms with E-state index >= 15 is 0 Å². The maximum Gasteiger partial charge on any atom is 0.134 e. The average molecular weight is 564 g/mol. The van der Waals surface area contributed by atoms with Crippen LogP contribution in [0.25, 0.3) is 0 Å². The Labute approximate surface area is 252 Å². The largest absolute Gasteiger partial charge is 0.305 e. The zero-order valence-electron chi connectivity index (χ0n) is 27.9. The highest BCUT2D eigenvalue weighted by Gasteiger charge is 2.08. The Morgan fingerprint density at radius 3 is 0.825 bits per heavy atom. The van der Waals surface area contributed by atoms with Gasteiger partial charge < -0.3 is 4.90 Å². The Balaban J connectivity index is 3.39. The van der Waals surface area contributed by atoms with Gasteiger partial charge in [-0.2, -0.15) is 0 Å². The monoisotopic (exact) mass is 564 g/mol. The smallest absolute Gasteiger partial charge is 0.134 e. The lowest BCUT2D eigenvalue weighted by molar-refractivity contribution is -0.119. The molecule has 0 saturated heterocycles. The molecule has 0 aromatic rings. The summed E-state index contributed by atoms with van der Waals surface area (Å²) >= 11 is 0. The molecular formula is C37H73NO2. The molecule has 0 unspecified atom stereocenters. The summed E-state index contributed by atoms with van der Waals surface area (Å²) in [5.74, 6) is 0.793. The van der Waals surface area contributed by atoms with Crippen molar-refractivity contribution >= 4 is 11.6 Å². The second-order valence-electron chi connectivity index (χ2n) is 12.9. The molecule has 0 spiro atoms. The molecule has 3 heteroatoms. The Morgan fingerprint density at radius 1 is 0.350 bits per heavy atom. The molecule has 0 N–H and O–H groups in total. The van der Waals surface area contributed by atoms with E-state index in [1.807, 2.05) is 0 Å². The molecule has 0 aliphatic rings. The highest BCUT2D eigenvalue weighted by molar-refractivity contribution is 5.79. The minimum absolute atomic E-state index is 0.397. The zero-order valence-corrected chi connectivity index (χ0v) is 27.9. The highest BCUT2D eigenvalue weighted by atomic mass is 16.1. The Hall–Kier alpha value is -0.700. The SMILES string of the molecule is CCCCCCCCCCCCCCCC(=O)CCN(C)CCC(=O)CCCCCCCCCCCCCCC. The summed E-state index contributed by atoms with van der Waals surface area (Å²) in [5.41, 5.74) is 0. The number of Topliss-reactive ketones (excluding diaryl/α,β-unsaturated/α-hetero) is 2. The molecule has 0 fully saturated rings. The molecule has 0 aromatic carbocycles. The molecular weight excluding hydrogens is 490 g/mol. The summed E-state index contributed by atoms with van der Waals surface area (Å²) in [6, 6.07) is 0. The van der Waals surface area contributed by atoms with Crippen LogP contribution in [0.15, 0.2) is 0 Å². The van der Waals surface area contributed by atoms with E-state index in [2.05, 4.69) is 25.8 Å². The fourth-order valence-corrected chi connectivity index (χ4v) is 5.67. The van der Waals surface area contributed by atoms with Gasteiger partial charge in [-0.3, -0.25) is 9.59 Å². The third-order valence-electron chi connectivity index (χ3n) is 8.66. The number of nitrogens with zero attached hydrogens (tertiary/aromatic N) is 1. The first-order valence-corrected chi connectivity index (χ1v) is 18.3. The van der Waals surface area contributed by atoms with Gasteiger partial charge in [0.1, 0.15) is 11.6 Å². The van der Waals surface area contributed by atoms with Gasteiger partial charge >= 0.3 is 0 Å². The van der Waals surface area contributed by atoms with Crippen molar-refractivity contribution in [3.63, 3.8) is 0 Å². The number of hydrogen-bond donors (Lipinski definition) is 0. The van der Waals surface area contributed by atoms with E-state index in [0.717, 1.165) is 38.8 Å². The van der Waals surface area contributed by atoms with Gasteiger partial charge in [-0.25, -0.2) is 0 Å². The molecule has 0 atom stereocenters. The van der Waals surface area contributed by atoms with Crippen molar-refractivity contribution in [1.29, 1.82) is 0 Å². The van der Waals surface area contributed by atoms with Crippen molar-refractivity contribution < 1.29 is 9.59 Å². The van der Waals surface area contributed by atoms with Crippen molar-refractivity contribution in [2.75, 3.05) is 20.1 Å². The van der Waals surface area contributed by atoms with Crippen LogP contribution in [-0.4, -0.2) is 36.6 Å². The lowest BCUT2D eigenvalue weighted by Gasteiger charge is -2.15. The van der Waals surface area contributed by atoms with Crippen molar-refractivity contribution in [2.45, 2.75) is 206 Å². The molecule has 0 amide bonds. The van der Waals surface area contributed by atoms with Crippen LogP contribution in [0.1, 0.15) is 206 Å². The Kier molecular flexibility index (Phi) is 32.2. The van der Waals surface area contributed by atoms with Gasteiger partial charge in [0.05, 0.1) is 0 Å². The van der Waals surface area contributed by atoms with E-state index in [0.29, 0.717) is 24.4 Å². The van der Waals surface area contributed by atoms with Gasteiger partial charge in [-0.15, -0.1) is 0 Å².